The first-order chi connectivity index (χ1) is 11.8. The number of aromatic nitrogens is 2. The zero-order valence-electron chi connectivity index (χ0n) is 14.6. The molecule has 2 aliphatic rings. The van der Waals surface area contributed by atoms with Crippen LogP contribution in [-0.4, -0.2) is 34.1 Å². The molecule has 2 fully saturated rings. The predicted octanol–water partition coefficient (Wildman–Crippen LogP) is 1.89. The SMILES string of the molecule is CC(C)(CC(N)=O)NC(=O)Oc1cnc(C2CC2)c(OCC2CC2)n1. The van der Waals surface area contributed by atoms with Crippen molar-refractivity contribution in [2.24, 2.45) is 11.7 Å². The number of nitrogens with zero attached hydrogens (tertiary/aromatic N) is 2. The van der Waals surface area contributed by atoms with E-state index in [1.807, 2.05) is 0 Å². The molecule has 3 N–H and O–H groups in total. The Morgan fingerprint density at radius 1 is 1.32 bits per heavy atom. The van der Waals surface area contributed by atoms with Crippen molar-refractivity contribution in [2.75, 3.05) is 6.61 Å². The van der Waals surface area contributed by atoms with Crippen molar-refractivity contribution < 1.29 is 19.1 Å². The van der Waals surface area contributed by atoms with Gasteiger partial charge in [-0.15, -0.1) is 0 Å². The van der Waals surface area contributed by atoms with E-state index in [9.17, 15) is 9.59 Å². The van der Waals surface area contributed by atoms with Gasteiger partial charge in [0.15, 0.2) is 0 Å². The summed E-state index contributed by atoms with van der Waals surface area (Å²) in [5, 5.41) is 2.59. The molecule has 1 aromatic heterocycles. The molecule has 2 amide bonds. The van der Waals surface area contributed by atoms with Gasteiger partial charge in [-0.05, 0) is 45.4 Å². The van der Waals surface area contributed by atoms with Gasteiger partial charge in [-0.1, -0.05) is 0 Å². The number of primary amides is 1. The normalized spacial score (nSPS) is 17.0. The van der Waals surface area contributed by atoms with E-state index in [0.29, 0.717) is 24.3 Å². The Morgan fingerprint density at radius 3 is 2.64 bits per heavy atom. The first-order valence-corrected chi connectivity index (χ1v) is 8.60. The van der Waals surface area contributed by atoms with Gasteiger partial charge < -0.3 is 20.5 Å². The minimum absolute atomic E-state index is 0.00411. The first kappa shape index (κ1) is 17.4. The van der Waals surface area contributed by atoms with Crippen LogP contribution in [0.5, 0.6) is 11.8 Å². The summed E-state index contributed by atoms with van der Waals surface area (Å²) in [7, 11) is 0. The zero-order chi connectivity index (χ0) is 18.0. The molecule has 1 aromatic rings. The highest BCUT2D eigenvalue weighted by molar-refractivity contribution is 5.77. The minimum Gasteiger partial charge on any atom is -0.476 e. The van der Waals surface area contributed by atoms with E-state index in [2.05, 4.69) is 15.3 Å². The smallest absolute Gasteiger partial charge is 0.414 e. The molecule has 0 spiro atoms. The summed E-state index contributed by atoms with van der Waals surface area (Å²) in [6.07, 6.45) is 5.24. The van der Waals surface area contributed by atoms with Crippen LogP contribution in [0.4, 0.5) is 4.79 Å². The summed E-state index contributed by atoms with van der Waals surface area (Å²) < 4.78 is 11.0. The van der Waals surface area contributed by atoms with Crippen LogP contribution in [0.2, 0.25) is 0 Å². The number of rotatable bonds is 8. The Kier molecular flexibility index (Phi) is 4.78. The van der Waals surface area contributed by atoms with Crippen molar-refractivity contribution in [3.05, 3.63) is 11.9 Å². The molecule has 0 unspecified atom stereocenters. The fourth-order valence-corrected chi connectivity index (χ4v) is 2.52. The lowest BCUT2D eigenvalue weighted by atomic mass is 10.0. The minimum atomic E-state index is -0.810. The van der Waals surface area contributed by atoms with Crippen LogP contribution in [0.1, 0.15) is 57.6 Å². The zero-order valence-corrected chi connectivity index (χ0v) is 14.6. The number of hydrogen-bond acceptors (Lipinski definition) is 6. The molecule has 2 saturated carbocycles. The van der Waals surface area contributed by atoms with E-state index in [0.717, 1.165) is 18.5 Å². The number of nitrogens with one attached hydrogen (secondary N) is 1. The lowest BCUT2D eigenvalue weighted by Gasteiger charge is -2.23. The van der Waals surface area contributed by atoms with Crippen molar-refractivity contribution in [3.63, 3.8) is 0 Å². The summed E-state index contributed by atoms with van der Waals surface area (Å²) in [6.45, 7) is 3.99. The van der Waals surface area contributed by atoms with Crippen molar-refractivity contribution in [1.29, 1.82) is 0 Å². The van der Waals surface area contributed by atoms with Gasteiger partial charge in [0.1, 0.15) is 5.69 Å². The number of nitrogens with two attached hydrogens (primary N) is 1. The van der Waals surface area contributed by atoms with Gasteiger partial charge in [-0.3, -0.25) is 4.79 Å². The van der Waals surface area contributed by atoms with Crippen molar-refractivity contribution >= 4 is 12.0 Å². The third-order valence-corrected chi connectivity index (χ3v) is 4.12. The van der Waals surface area contributed by atoms with Gasteiger partial charge in [-0.2, -0.15) is 4.98 Å². The summed E-state index contributed by atoms with van der Waals surface area (Å²) in [5.74, 6) is 1.00. The summed E-state index contributed by atoms with van der Waals surface area (Å²) in [6, 6.07) is 0. The molecule has 136 valence electrons. The van der Waals surface area contributed by atoms with Crippen LogP contribution in [0, 0.1) is 5.92 Å². The topological polar surface area (TPSA) is 116 Å². The molecule has 0 atom stereocenters. The molecule has 0 aliphatic heterocycles. The highest BCUT2D eigenvalue weighted by Gasteiger charge is 2.31. The van der Waals surface area contributed by atoms with Crippen LogP contribution in [0.3, 0.4) is 0 Å². The highest BCUT2D eigenvalue weighted by Crippen LogP contribution is 2.43. The number of ether oxygens (including phenoxy) is 2. The summed E-state index contributed by atoms with van der Waals surface area (Å²) >= 11 is 0. The highest BCUT2D eigenvalue weighted by atomic mass is 16.6. The fourth-order valence-electron chi connectivity index (χ4n) is 2.52. The largest absolute Gasteiger partial charge is 0.476 e. The van der Waals surface area contributed by atoms with Crippen molar-refractivity contribution in [1.82, 2.24) is 15.3 Å². The van der Waals surface area contributed by atoms with Gasteiger partial charge in [0.2, 0.25) is 17.7 Å². The van der Waals surface area contributed by atoms with E-state index in [-0.39, 0.29) is 12.3 Å². The Bertz CT molecular complexity index is 669. The third kappa shape index (κ3) is 5.30. The van der Waals surface area contributed by atoms with E-state index in [1.54, 1.807) is 13.8 Å². The van der Waals surface area contributed by atoms with Gasteiger partial charge in [0.05, 0.1) is 12.8 Å². The summed E-state index contributed by atoms with van der Waals surface area (Å²) in [5.41, 5.74) is 5.20. The lowest BCUT2D eigenvalue weighted by Crippen LogP contribution is -2.47. The quantitative estimate of drug-likeness (QED) is 0.741. The first-order valence-electron chi connectivity index (χ1n) is 8.60. The maximum Gasteiger partial charge on any atom is 0.414 e. The molecule has 2 aliphatic carbocycles. The second kappa shape index (κ2) is 6.85. The number of hydrogen-bond donors (Lipinski definition) is 2. The van der Waals surface area contributed by atoms with E-state index >= 15 is 0 Å². The summed E-state index contributed by atoms with van der Waals surface area (Å²) in [4.78, 5) is 31.7. The fraction of sp³-hybridized carbons (Fsp3) is 0.647. The molecular weight excluding hydrogens is 324 g/mol. The lowest BCUT2D eigenvalue weighted by molar-refractivity contribution is -0.119. The molecule has 3 rings (SSSR count). The monoisotopic (exact) mass is 348 g/mol. The molecule has 8 heteroatoms. The van der Waals surface area contributed by atoms with Crippen LogP contribution < -0.4 is 20.5 Å². The van der Waals surface area contributed by atoms with Crippen LogP contribution >= 0.6 is 0 Å². The average Bonchev–Trinajstić information content (AvgIpc) is 3.35. The van der Waals surface area contributed by atoms with Crippen LogP contribution in [0.25, 0.3) is 0 Å². The van der Waals surface area contributed by atoms with Crippen LogP contribution in [-0.2, 0) is 4.79 Å². The van der Waals surface area contributed by atoms with E-state index in [4.69, 9.17) is 15.2 Å². The molecule has 0 aromatic carbocycles. The van der Waals surface area contributed by atoms with E-state index in [1.165, 1.54) is 19.0 Å². The molecular formula is C17H24N4O4. The number of carbonyl (C=O) groups excluding carboxylic acids is 2. The second-order valence-electron chi connectivity index (χ2n) is 7.47. The Morgan fingerprint density at radius 2 is 2.04 bits per heavy atom. The number of carbonyl (C=O) groups is 2. The molecule has 25 heavy (non-hydrogen) atoms. The van der Waals surface area contributed by atoms with Gasteiger partial charge in [0, 0.05) is 17.9 Å². The maximum absolute atomic E-state index is 12.0. The molecule has 0 radical (unpaired) electrons. The van der Waals surface area contributed by atoms with Crippen LogP contribution in [0.15, 0.2) is 6.20 Å². The molecule has 1 heterocycles. The second-order valence-corrected chi connectivity index (χ2v) is 7.47. The Labute approximate surface area is 146 Å². The van der Waals surface area contributed by atoms with E-state index < -0.39 is 17.5 Å². The van der Waals surface area contributed by atoms with Crippen molar-refractivity contribution in [3.8, 4) is 11.8 Å². The molecule has 0 bridgehead atoms. The van der Waals surface area contributed by atoms with Gasteiger partial charge in [-0.25, -0.2) is 9.78 Å². The van der Waals surface area contributed by atoms with Crippen molar-refractivity contribution in [2.45, 2.75) is 57.4 Å². The maximum atomic E-state index is 12.0. The standard InChI is InChI=1S/C17H24N4O4/c1-17(2,7-12(18)22)21-16(23)25-13-8-19-14(11-5-6-11)15(20-13)24-9-10-3-4-10/h8,10-11H,3-7,9H2,1-2H3,(H2,18,22)(H,21,23). The average molecular weight is 348 g/mol. The molecule has 0 saturated heterocycles. The molecule has 8 nitrogen and oxygen atoms in total. The Balaban J connectivity index is 1.63. The number of amides is 2. The predicted molar refractivity (Wildman–Crippen MR) is 89.3 cm³/mol. The third-order valence-electron chi connectivity index (χ3n) is 4.12. The Hall–Kier alpha value is -2.38. The van der Waals surface area contributed by atoms with Gasteiger partial charge in [0.25, 0.3) is 0 Å². The van der Waals surface area contributed by atoms with Gasteiger partial charge >= 0.3 is 6.09 Å².